The molecule has 1 saturated heterocycles. The Kier molecular flexibility index (Phi) is 4.06. The van der Waals surface area contributed by atoms with Gasteiger partial charge < -0.3 is 18.8 Å². The number of aryl methyl sites for hydroxylation is 1. The molecule has 1 aliphatic heterocycles. The van der Waals surface area contributed by atoms with Crippen molar-refractivity contribution >= 4 is 5.91 Å². The van der Waals surface area contributed by atoms with E-state index in [1.165, 1.54) is 13.3 Å². The normalized spacial score (nSPS) is 18.3. The second-order valence-electron chi connectivity index (χ2n) is 4.97. The number of nitrogens with zero attached hydrogens (tertiary/aromatic N) is 3. The Morgan fingerprint density at radius 3 is 3.00 bits per heavy atom. The Bertz CT molecular complexity index is 670. The van der Waals surface area contributed by atoms with E-state index in [1.807, 2.05) is 19.1 Å². The van der Waals surface area contributed by atoms with Crippen molar-refractivity contribution in [3.63, 3.8) is 0 Å². The van der Waals surface area contributed by atoms with Crippen molar-refractivity contribution in [2.24, 2.45) is 0 Å². The van der Waals surface area contributed by atoms with Crippen LogP contribution in [-0.2, 0) is 4.74 Å². The molecule has 1 amide bonds. The maximum absolute atomic E-state index is 12.7. The predicted molar refractivity (Wildman–Crippen MR) is 76.6 cm³/mol. The molecular weight excluding hydrogens is 286 g/mol. The second-order valence-corrected chi connectivity index (χ2v) is 4.97. The molecule has 0 spiro atoms. The summed E-state index contributed by atoms with van der Waals surface area (Å²) in [4.78, 5) is 22.5. The van der Waals surface area contributed by atoms with Crippen LogP contribution in [0.1, 0.15) is 28.1 Å². The molecule has 0 saturated carbocycles. The van der Waals surface area contributed by atoms with Gasteiger partial charge in [-0.05, 0) is 25.1 Å². The molecule has 22 heavy (non-hydrogen) atoms. The summed E-state index contributed by atoms with van der Waals surface area (Å²) in [6.45, 7) is 3.25. The summed E-state index contributed by atoms with van der Waals surface area (Å²) < 4.78 is 16.1. The number of furan rings is 1. The van der Waals surface area contributed by atoms with E-state index in [9.17, 15) is 4.79 Å². The number of morpholine rings is 1. The third-order valence-corrected chi connectivity index (χ3v) is 3.51. The van der Waals surface area contributed by atoms with Gasteiger partial charge in [-0.3, -0.25) is 4.79 Å². The molecule has 0 N–H and O–H groups in total. The summed E-state index contributed by atoms with van der Waals surface area (Å²) in [5.74, 6) is 1.33. The molecule has 3 rings (SSSR count). The van der Waals surface area contributed by atoms with Gasteiger partial charge in [-0.2, -0.15) is 4.98 Å². The minimum absolute atomic E-state index is 0.171. The Morgan fingerprint density at radius 2 is 2.27 bits per heavy atom. The highest BCUT2D eigenvalue weighted by Gasteiger charge is 2.32. The molecule has 0 radical (unpaired) electrons. The Balaban J connectivity index is 1.88. The van der Waals surface area contributed by atoms with Crippen LogP contribution in [0, 0.1) is 6.92 Å². The fourth-order valence-corrected chi connectivity index (χ4v) is 2.42. The molecule has 0 bridgehead atoms. The summed E-state index contributed by atoms with van der Waals surface area (Å²) in [6.07, 6.45) is 1.51. The molecule has 0 aromatic carbocycles. The topological polar surface area (TPSA) is 77.7 Å². The second kappa shape index (κ2) is 6.15. The number of hydrogen-bond acceptors (Lipinski definition) is 6. The first-order chi connectivity index (χ1) is 10.7. The predicted octanol–water partition coefficient (Wildman–Crippen LogP) is 1.60. The quantitative estimate of drug-likeness (QED) is 0.857. The van der Waals surface area contributed by atoms with Gasteiger partial charge in [0.2, 0.25) is 0 Å². The number of carbonyl (C=O) groups excluding carboxylic acids is 1. The van der Waals surface area contributed by atoms with E-state index in [0.717, 1.165) is 5.76 Å². The number of ether oxygens (including phenoxy) is 2. The van der Waals surface area contributed by atoms with Gasteiger partial charge in [0.05, 0.1) is 20.3 Å². The van der Waals surface area contributed by atoms with Gasteiger partial charge in [0.25, 0.3) is 5.91 Å². The van der Waals surface area contributed by atoms with Crippen molar-refractivity contribution < 1.29 is 18.7 Å². The highest BCUT2D eigenvalue weighted by Crippen LogP contribution is 2.27. The van der Waals surface area contributed by atoms with Crippen molar-refractivity contribution in [2.45, 2.75) is 13.0 Å². The maximum atomic E-state index is 12.7. The van der Waals surface area contributed by atoms with Crippen LogP contribution < -0.4 is 4.74 Å². The summed E-state index contributed by atoms with van der Waals surface area (Å²) >= 11 is 0. The van der Waals surface area contributed by atoms with Crippen LogP contribution in [0.3, 0.4) is 0 Å². The molecule has 1 atom stereocenters. The van der Waals surface area contributed by atoms with Crippen LogP contribution >= 0.6 is 0 Å². The van der Waals surface area contributed by atoms with Crippen LogP contribution in [0.2, 0.25) is 0 Å². The van der Waals surface area contributed by atoms with Crippen molar-refractivity contribution in [2.75, 3.05) is 26.9 Å². The van der Waals surface area contributed by atoms with Crippen molar-refractivity contribution in [1.29, 1.82) is 0 Å². The Morgan fingerprint density at radius 1 is 1.41 bits per heavy atom. The lowest BCUT2D eigenvalue weighted by molar-refractivity contribution is -0.00928. The summed E-state index contributed by atoms with van der Waals surface area (Å²) in [7, 11) is 1.47. The Labute approximate surface area is 127 Å². The molecule has 7 nitrogen and oxygen atoms in total. The highest BCUT2D eigenvalue weighted by atomic mass is 16.5. The van der Waals surface area contributed by atoms with Crippen molar-refractivity contribution in [3.05, 3.63) is 41.6 Å². The average Bonchev–Trinajstić information content (AvgIpc) is 3.00. The molecule has 1 fully saturated rings. The van der Waals surface area contributed by atoms with Gasteiger partial charge in [0, 0.05) is 12.7 Å². The van der Waals surface area contributed by atoms with Crippen molar-refractivity contribution in [1.82, 2.24) is 14.9 Å². The Hall–Kier alpha value is -2.41. The molecule has 2 aromatic heterocycles. The molecule has 1 unspecified atom stereocenters. The number of hydrogen-bond donors (Lipinski definition) is 0. The molecule has 7 heteroatoms. The first kappa shape index (κ1) is 14.5. The van der Waals surface area contributed by atoms with Gasteiger partial charge in [0.15, 0.2) is 0 Å². The van der Waals surface area contributed by atoms with E-state index in [0.29, 0.717) is 31.2 Å². The van der Waals surface area contributed by atoms with Crippen LogP contribution in [0.5, 0.6) is 6.01 Å². The van der Waals surface area contributed by atoms with E-state index in [-0.39, 0.29) is 18.0 Å². The zero-order valence-electron chi connectivity index (χ0n) is 12.5. The van der Waals surface area contributed by atoms with Crippen LogP contribution in [0.15, 0.2) is 28.8 Å². The number of amides is 1. The van der Waals surface area contributed by atoms with E-state index in [1.54, 1.807) is 11.0 Å². The maximum Gasteiger partial charge on any atom is 0.316 e. The standard InChI is InChI=1S/C15H17N3O4/c1-10-3-4-13(22-10)12-9-21-8-7-18(12)14(19)11-5-6-16-15(17-11)20-2/h3-6,12H,7-9H2,1-2H3. The fraction of sp³-hybridized carbons (Fsp3) is 0.400. The minimum Gasteiger partial charge on any atom is -0.467 e. The largest absolute Gasteiger partial charge is 0.467 e. The SMILES string of the molecule is COc1nccc(C(=O)N2CCOCC2c2ccc(C)o2)n1. The zero-order valence-corrected chi connectivity index (χ0v) is 12.5. The number of carbonyl (C=O) groups is 1. The highest BCUT2D eigenvalue weighted by molar-refractivity contribution is 5.92. The van der Waals surface area contributed by atoms with Crippen LogP contribution in [-0.4, -0.2) is 47.6 Å². The van der Waals surface area contributed by atoms with E-state index in [2.05, 4.69) is 9.97 Å². The van der Waals surface area contributed by atoms with Gasteiger partial charge in [-0.1, -0.05) is 0 Å². The summed E-state index contributed by atoms with van der Waals surface area (Å²) in [5.41, 5.74) is 0.294. The number of methoxy groups -OCH3 is 1. The molecule has 2 aromatic rings. The summed E-state index contributed by atoms with van der Waals surface area (Å²) in [6, 6.07) is 5.24. The lowest BCUT2D eigenvalue weighted by Crippen LogP contribution is -2.43. The molecule has 1 aliphatic rings. The molecule has 0 aliphatic carbocycles. The van der Waals surface area contributed by atoms with Crippen LogP contribution in [0.25, 0.3) is 0 Å². The third-order valence-electron chi connectivity index (χ3n) is 3.51. The monoisotopic (exact) mass is 303 g/mol. The first-order valence-electron chi connectivity index (χ1n) is 7.01. The number of rotatable bonds is 3. The first-order valence-corrected chi connectivity index (χ1v) is 7.01. The number of aromatic nitrogens is 2. The van der Waals surface area contributed by atoms with E-state index in [4.69, 9.17) is 13.9 Å². The van der Waals surface area contributed by atoms with E-state index >= 15 is 0 Å². The zero-order chi connectivity index (χ0) is 15.5. The molecule has 116 valence electrons. The third kappa shape index (κ3) is 2.80. The van der Waals surface area contributed by atoms with Crippen LogP contribution in [0.4, 0.5) is 0 Å². The molecule has 3 heterocycles. The summed E-state index contributed by atoms with van der Waals surface area (Å²) in [5, 5.41) is 0. The van der Waals surface area contributed by atoms with Gasteiger partial charge in [-0.15, -0.1) is 0 Å². The average molecular weight is 303 g/mol. The van der Waals surface area contributed by atoms with Gasteiger partial charge in [-0.25, -0.2) is 4.98 Å². The lowest BCUT2D eigenvalue weighted by atomic mass is 10.1. The van der Waals surface area contributed by atoms with Gasteiger partial charge in [0.1, 0.15) is 23.3 Å². The van der Waals surface area contributed by atoms with Gasteiger partial charge >= 0.3 is 6.01 Å². The smallest absolute Gasteiger partial charge is 0.316 e. The lowest BCUT2D eigenvalue weighted by Gasteiger charge is -2.34. The molecular formula is C15H17N3O4. The minimum atomic E-state index is -0.254. The van der Waals surface area contributed by atoms with E-state index < -0.39 is 0 Å². The van der Waals surface area contributed by atoms with Crippen molar-refractivity contribution in [3.8, 4) is 6.01 Å². The fourth-order valence-electron chi connectivity index (χ4n) is 2.42.